The maximum absolute atomic E-state index is 5.27. The fourth-order valence-electron chi connectivity index (χ4n) is 1.91. The molecule has 1 unspecified atom stereocenters. The van der Waals surface area contributed by atoms with Crippen LogP contribution < -0.4 is 0 Å². The van der Waals surface area contributed by atoms with Gasteiger partial charge in [0.2, 0.25) is 0 Å². The second-order valence-corrected chi connectivity index (χ2v) is 5.32. The van der Waals surface area contributed by atoms with Gasteiger partial charge in [-0.25, -0.2) is 0 Å². The number of H-pyrrole nitrogens is 1. The highest BCUT2D eigenvalue weighted by atomic mass is 32.2. The van der Waals surface area contributed by atoms with Crippen LogP contribution >= 0.6 is 24.0 Å². The van der Waals surface area contributed by atoms with Crippen molar-refractivity contribution in [2.24, 2.45) is 5.92 Å². The van der Waals surface area contributed by atoms with Crippen molar-refractivity contribution in [3.8, 4) is 0 Å². The minimum Gasteiger partial charge on any atom is -0.337 e. The Morgan fingerprint density at radius 2 is 2.57 bits per heavy atom. The number of aromatic nitrogens is 2. The molecule has 0 aromatic carbocycles. The van der Waals surface area contributed by atoms with Gasteiger partial charge in [-0.2, -0.15) is 11.8 Å². The van der Waals surface area contributed by atoms with Crippen molar-refractivity contribution in [2.45, 2.75) is 26.3 Å². The minimum absolute atomic E-state index is 0.827. The van der Waals surface area contributed by atoms with Crippen LogP contribution in [0.4, 0.5) is 0 Å². The van der Waals surface area contributed by atoms with E-state index in [1.807, 2.05) is 6.20 Å². The number of aromatic amines is 1. The molecule has 0 saturated carbocycles. The first-order chi connectivity index (χ1) is 6.81. The molecule has 1 fully saturated rings. The molecule has 1 aliphatic rings. The maximum atomic E-state index is 5.27. The van der Waals surface area contributed by atoms with Crippen molar-refractivity contribution >= 4 is 24.0 Å². The minimum atomic E-state index is 0.827. The lowest BCUT2D eigenvalue weighted by Gasteiger charge is -2.11. The molecule has 2 nitrogen and oxygen atoms in total. The molecule has 1 aliphatic heterocycles. The fraction of sp³-hybridized carbons (Fsp3) is 0.700. The van der Waals surface area contributed by atoms with Gasteiger partial charge in [0.1, 0.15) is 0 Å². The third-order valence-corrected chi connectivity index (χ3v) is 4.35. The summed E-state index contributed by atoms with van der Waals surface area (Å²) < 4.78 is 3.16. The molecule has 78 valence electrons. The average molecular weight is 228 g/mol. The van der Waals surface area contributed by atoms with Gasteiger partial charge in [-0.3, -0.25) is 0 Å². The van der Waals surface area contributed by atoms with Gasteiger partial charge in [0.05, 0.1) is 0 Å². The molecule has 1 aromatic heterocycles. The van der Waals surface area contributed by atoms with Gasteiger partial charge in [-0.15, -0.1) is 0 Å². The second-order valence-electron chi connectivity index (χ2n) is 3.78. The maximum Gasteiger partial charge on any atom is 0.177 e. The van der Waals surface area contributed by atoms with Gasteiger partial charge >= 0.3 is 0 Å². The molecule has 2 heterocycles. The van der Waals surface area contributed by atoms with Crippen LogP contribution in [0.25, 0.3) is 0 Å². The number of hydrogen-bond acceptors (Lipinski definition) is 2. The Morgan fingerprint density at radius 3 is 3.21 bits per heavy atom. The average Bonchev–Trinajstić information content (AvgIpc) is 2.79. The number of hydrogen-bond donors (Lipinski definition) is 1. The lowest BCUT2D eigenvalue weighted by molar-refractivity contribution is 0.479. The van der Waals surface area contributed by atoms with Crippen molar-refractivity contribution in [3.05, 3.63) is 16.7 Å². The molecule has 0 amide bonds. The summed E-state index contributed by atoms with van der Waals surface area (Å²) in [6.45, 7) is 3.29. The van der Waals surface area contributed by atoms with Gasteiger partial charge in [-0.1, -0.05) is 6.92 Å². The van der Waals surface area contributed by atoms with Crippen LogP contribution in [-0.2, 0) is 13.0 Å². The molecule has 1 N–H and O–H groups in total. The number of aryl methyl sites for hydroxylation is 1. The summed E-state index contributed by atoms with van der Waals surface area (Å²) in [5.41, 5.74) is 1.34. The molecular formula is C10H16N2S2. The topological polar surface area (TPSA) is 20.7 Å². The van der Waals surface area contributed by atoms with Crippen LogP contribution in [0.2, 0.25) is 0 Å². The van der Waals surface area contributed by atoms with Crippen LogP contribution in [0.5, 0.6) is 0 Å². The van der Waals surface area contributed by atoms with E-state index >= 15 is 0 Å². The van der Waals surface area contributed by atoms with Crippen LogP contribution in [0.15, 0.2) is 6.20 Å². The molecule has 4 heteroatoms. The first-order valence-electron chi connectivity index (χ1n) is 5.16. The van der Waals surface area contributed by atoms with E-state index in [1.165, 1.54) is 23.6 Å². The second kappa shape index (κ2) is 4.53. The summed E-state index contributed by atoms with van der Waals surface area (Å²) in [5, 5.41) is 0. The van der Waals surface area contributed by atoms with Crippen molar-refractivity contribution < 1.29 is 0 Å². The van der Waals surface area contributed by atoms with Gasteiger partial charge in [0, 0.05) is 18.4 Å². The van der Waals surface area contributed by atoms with Crippen LogP contribution in [0.3, 0.4) is 0 Å². The van der Waals surface area contributed by atoms with E-state index in [4.69, 9.17) is 12.2 Å². The van der Waals surface area contributed by atoms with Crippen molar-refractivity contribution in [1.82, 2.24) is 9.55 Å². The van der Waals surface area contributed by atoms with Crippen LogP contribution in [0.1, 0.15) is 19.0 Å². The number of imidazole rings is 1. The first kappa shape index (κ1) is 10.3. The van der Waals surface area contributed by atoms with Gasteiger partial charge in [-0.05, 0) is 42.5 Å². The summed E-state index contributed by atoms with van der Waals surface area (Å²) in [6.07, 6.45) is 4.46. The van der Waals surface area contributed by atoms with Crippen LogP contribution in [-0.4, -0.2) is 21.1 Å². The molecule has 14 heavy (non-hydrogen) atoms. The third kappa shape index (κ3) is 2.06. The zero-order chi connectivity index (χ0) is 9.97. The molecule has 1 atom stereocenters. The zero-order valence-corrected chi connectivity index (χ0v) is 10.1. The molecular weight excluding hydrogens is 212 g/mol. The molecule has 2 rings (SSSR count). The van der Waals surface area contributed by atoms with E-state index in [-0.39, 0.29) is 0 Å². The summed E-state index contributed by atoms with van der Waals surface area (Å²) in [5.74, 6) is 3.45. The highest BCUT2D eigenvalue weighted by Crippen LogP contribution is 2.25. The Labute approximate surface area is 94.1 Å². The summed E-state index contributed by atoms with van der Waals surface area (Å²) >= 11 is 7.34. The summed E-state index contributed by atoms with van der Waals surface area (Å²) in [7, 11) is 0. The molecule has 0 aliphatic carbocycles. The Hall–Kier alpha value is -0.220. The smallest absolute Gasteiger partial charge is 0.177 e. The first-order valence-corrected chi connectivity index (χ1v) is 6.72. The number of nitrogens with one attached hydrogen (secondary N) is 1. The van der Waals surface area contributed by atoms with Crippen molar-refractivity contribution in [2.75, 3.05) is 11.5 Å². The predicted octanol–water partition coefficient (Wildman–Crippen LogP) is 2.86. The van der Waals surface area contributed by atoms with Gasteiger partial charge in [0.25, 0.3) is 0 Å². The van der Waals surface area contributed by atoms with E-state index in [2.05, 4.69) is 28.2 Å². The monoisotopic (exact) mass is 228 g/mol. The van der Waals surface area contributed by atoms with E-state index < -0.39 is 0 Å². The Morgan fingerprint density at radius 1 is 1.71 bits per heavy atom. The molecule has 1 aromatic rings. The fourth-order valence-corrected chi connectivity index (χ4v) is 3.43. The quantitative estimate of drug-likeness (QED) is 0.803. The molecule has 0 spiro atoms. The van der Waals surface area contributed by atoms with E-state index in [1.54, 1.807) is 0 Å². The third-order valence-electron chi connectivity index (χ3n) is 2.78. The standard InChI is InChI=1S/C10H16N2S2/c1-2-9-5-11-10(13)12(9)6-8-3-4-14-7-8/h5,8H,2-4,6-7H2,1H3,(H,11,13). The largest absolute Gasteiger partial charge is 0.337 e. The normalized spacial score (nSPS) is 21.6. The highest BCUT2D eigenvalue weighted by Gasteiger charge is 2.17. The van der Waals surface area contributed by atoms with E-state index in [0.717, 1.165) is 23.7 Å². The summed E-state index contributed by atoms with van der Waals surface area (Å²) in [6, 6.07) is 0. The number of nitrogens with zero attached hydrogens (tertiary/aromatic N) is 1. The Kier molecular flexibility index (Phi) is 3.34. The molecule has 0 bridgehead atoms. The van der Waals surface area contributed by atoms with Gasteiger partial charge in [0.15, 0.2) is 4.77 Å². The number of thioether (sulfide) groups is 1. The lowest BCUT2D eigenvalue weighted by Crippen LogP contribution is -2.12. The predicted molar refractivity (Wildman–Crippen MR) is 64.4 cm³/mol. The molecule has 1 saturated heterocycles. The van der Waals surface area contributed by atoms with Crippen molar-refractivity contribution in [1.29, 1.82) is 0 Å². The highest BCUT2D eigenvalue weighted by molar-refractivity contribution is 7.99. The van der Waals surface area contributed by atoms with E-state index in [9.17, 15) is 0 Å². The zero-order valence-electron chi connectivity index (χ0n) is 8.45. The Bertz CT molecular complexity index is 347. The lowest BCUT2D eigenvalue weighted by atomic mass is 10.1. The summed E-state index contributed by atoms with van der Waals surface area (Å²) in [4.78, 5) is 3.13. The SMILES string of the molecule is CCc1c[nH]c(=S)n1CC1CCSC1. The van der Waals surface area contributed by atoms with Crippen LogP contribution in [0, 0.1) is 10.7 Å². The Balaban J connectivity index is 2.13. The molecule has 0 radical (unpaired) electrons. The number of rotatable bonds is 3. The van der Waals surface area contributed by atoms with Crippen molar-refractivity contribution in [3.63, 3.8) is 0 Å². The van der Waals surface area contributed by atoms with E-state index in [0.29, 0.717) is 0 Å². The van der Waals surface area contributed by atoms with Gasteiger partial charge < -0.3 is 9.55 Å².